The third-order valence-electron chi connectivity index (χ3n) is 2.97. The van der Waals surface area contributed by atoms with Crippen molar-refractivity contribution < 1.29 is 5.11 Å². The zero-order chi connectivity index (χ0) is 6.48. The van der Waals surface area contributed by atoms with E-state index in [1.54, 1.807) is 0 Å². The van der Waals surface area contributed by atoms with Gasteiger partial charge in [0.2, 0.25) is 0 Å². The predicted molar refractivity (Wildman–Crippen MR) is 35.2 cm³/mol. The van der Waals surface area contributed by atoms with E-state index in [1.807, 2.05) is 0 Å². The molecule has 3 rings (SSSR count). The van der Waals surface area contributed by atoms with E-state index in [2.05, 4.69) is 11.9 Å². The van der Waals surface area contributed by atoms with Gasteiger partial charge < -0.3 is 5.11 Å². The molecule has 2 heterocycles. The zero-order valence-electron chi connectivity index (χ0n) is 5.80. The fraction of sp³-hybridized carbons (Fsp3) is 1.00. The molecule has 52 valence electrons. The fourth-order valence-corrected chi connectivity index (χ4v) is 2.29. The minimum Gasteiger partial charge on any atom is -0.394 e. The minimum absolute atomic E-state index is 0.227. The molecule has 0 unspecified atom stereocenters. The molecule has 3 aliphatic rings. The van der Waals surface area contributed by atoms with E-state index in [-0.39, 0.29) is 5.54 Å². The minimum atomic E-state index is 0.227. The molecule has 0 amide bonds. The summed E-state index contributed by atoms with van der Waals surface area (Å²) in [5.41, 5.74) is 0.227. The van der Waals surface area contributed by atoms with Gasteiger partial charge in [-0.3, -0.25) is 4.90 Å². The topological polar surface area (TPSA) is 23.5 Å². The van der Waals surface area contributed by atoms with Crippen molar-refractivity contribution in [1.29, 1.82) is 0 Å². The quantitative estimate of drug-likeness (QED) is 0.539. The molecular formula is C7H13NO. The zero-order valence-corrected chi connectivity index (χ0v) is 5.80. The SMILES string of the molecule is CN1CC2CC1(CO)C2. The van der Waals surface area contributed by atoms with Gasteiger partial charge >= 0.3 is 0 Å². The van der Waals surface area contributed by atoms with Crippen LogP contribution in [0, 0.1) is 5.92 Å². The summed E-state index contributed by atoms with van der Waals surface area (Å²) in [5.74, 6) is 0.905. The van der Waals surface area contributed by atoms with Crippen molar-refractivity contribution >= 4 is 0 Å². The molecule has 0 atom stereocenters. The molecule has 2 nitrogen and oxygen atoms in total. The van der Waals surface area contributed by atoms with Gasteiger partial charge in [-0.2, -0.15) is 0 Å². The van der Waals surface area contributed by atoms with Crippen LogP contribution in [0.25, 0.3) is 0 Å². The lowest BCUT2D eigenvalue weighted by molar-refractivity contribution is 0.0518. The van der Waals surface area contributed by atoms with E-state index >= 15 is 0 Å². The molecule has 0 spiro atoms. The second-order valence-electron chi connectivity index (χ2n) is 3.54. The molecule has 1 saturated carbocycles. The highest BCUT2D eigenvalue weighted by molar-refractivity contribution is 5.08. The number of hydrogen-bond acceptors (Lipinski definition) is 2. The van der Waals surface area contributed by atoms with Gasteiger partial charge in [-0.1, -0.05) is 0 Å². The number of aliphatic hydroxyl groups excluding tert-OH is 1. The first-order chi connectivity index (χ1) is 4.27. The first-order valence-corrected chi connectivity index (χ1v) is 3.59. The van der Waals surface area contributed by atoms with E-state index in [9.17, 15) is 0 Å². The Kier molecular flexibility index (Phi) is 0.945. The Balaban J connectivity index is 2.15. The molecular weight excluding hydrogens is 114 g/mol. The number of likely N-dealkylation sites (N-methyl/N-ethyl adjacent to an activating group) is 1. The van der Waals surface area contributed by atoms with Crippen LogP contribution in [0.15, 0.2) is 0 Å². The summed E-state index contributed by atoms with van der Waals surface area (Å²) in [6.07, 6.45) is 2.47. The number of fused-ring (bicyclic) bond motifs is 1. The Labute approximate surface area is 55.5 Å². The van der Waals surface area contributed by atoms with Crippen LogP contribution in [0.3, 0.4) is 0 Å². The summed E-state index contributed by atoms with van der Waals surface area (Å²) in [4.78, 5) is 2.30. The lowest BCUT2D eigenvalue weighted by atomic mass is 9.74. The van der Waals surface area contributed by atoms with Crippen LogP contribution in [0.4, 0.5) is 0 Å². The van der Waals surface area contributed by atoms with E-state index < -0.39 is 0 Å². The normalized spacial score (nSPS) is 49.3. The first-order valence-electron chi connectivity index (χ1n) is 3.59. The monoisotopic (exact) mass is 127 g/mol. The summed E-state index contributed by atoms with van der Waals surface area (Å²) >= 11 is 0. The third-order valence-corrected chi connectivity index (χ3v) is 2.97. The Morgan fingerprint density at radius 3 is 2.56 bits per heavy atom. The molecule has 1 aliphatic carbocycles. The second-order valence-corrected chi connectivity index (χ2v) is 3.54. The maximum atomic E-state index is 8.99. The van der Waals surface area contributed by atoms with Crippen molar-refractivity contribution in [3.8, 4) is 0 Å². The van der Waals surface area contributed by atoms with Gasteiger partial charge in [0.25, 0.3) is 0 Å². The standard InChI is InChI=1S/C7H13NO/c1-8-4-6-2-7(8,3-6)5-9/h6,9H,2-5H2,1H3. The van der Waals surface area contributed by atoms with Crippen LogP contribution in [-0.2, 0) is 0 Å². The fourth-order valence-electron chi connectivity index (χ4n) is 2.29. The van der Waals surface area contributed by atoms with E-state index in [0.29, 0.717) is 6.61 Å². The molecule has 9 heavy (non-hydrogen) atoms. The molecule has 2 saturated heterocycles. The third kappa shape index (κ3) is 0.528. The molecule has 0 aromatic rings. The predicted octanol–water partition coefficient (Wildman–Crippen LogP) is 0.0729. The Morgan fingerprint density at radius 1 is 1.67 bits per heavy atom. The Morgan fingerprint density at radius 2 is 2.33 bits per heavy atom. The van der Waals surface area contributed by atoms with Gasteiger partial charge in [-0.05, 0) is 25.8 Å². The smallest absolute Gasteiger partial charge is 0.0615 e. The maximum Gasteiger partial charge on any atom is 0.0615 e. The molecule has 0 aromatic carbocycles. The van der Waals surface area contributed by atoms with Crippen molar-refractivity contribution in [1.82, 2.24) is 4.90 Å². The van der Waals surface area contributed by atoms with Crippen LogP contribution in [0.2, 0.25) is 0 Å². The van der Waals surface area contributed by atoms with Crippen LogP contribution in [0.1, 0.15) is 12.8 Å². The Hall–Kier alpha value is -0.0800. The summed E-state index contributed by atoms with van der Waals surface area (Å²) in [6.45, 7) is 1.57. The number of hydrogen-bond donors (Lipinski definition) is 1. The molecule has 3 fully saturated rings. The Bertz CT molecular complexity index is 129. The van der Waals surface area contributed by atoms with Crippen LogP contribution in [-0.4, -0.2) is 35.7 Å². The first kappa shape index (κ1) is 5.69. The second kappa shape index (κ2) is 1.50. The van der Waals surface area contributed by atoms with Crippen molar-refractivity contribution in [3.05, 3.63) is 0 Å². The van der Waals surface area contributed by atoms with Gasteiger partial charge in [0, 0.05) is 12.1 Å². The highest BCUT2D eigenvalue weighted by Gasteiger charge is 2.53. The number of rotatable bonds is 1. The molecule has 2 bridgehead atoms. The molecule has 0 radical (unpaired) electrons. The van der Waals surface area contributed by atoms with Crippen molar-refractivity contribution in [2.45, 2.75) is 18.4 Å². The van der Waals surface area contributed by atoms with Crippen molar-refractivity contribution in [2.75, 3.05) is 20.2 Å². The van der Waals surface area contributed by atoms with Gasteiger partial charge in [0.1, 0.15) is 0 Å². The molecule has 2 aliphatic heterocycles. The molecule has 2 heteroatoms. The van der Waals surface area contributed by atoms with Gasteiger partial charge in [0.15, 0.2) is 0 Å². The van der Waals surface area contributed by atoms with Gasteiger partial charge in [-0.25, -0.2) is 0 Å². The molecule has 0 aromatic heterocycles. The largest absolute Gasteiger partial charge is 0.394 e. The highest BCUT2D eigenvalue weighted by atomic mass is 16.3. The van der Waals surface area contributed by atoms with Gasteiger partial charge in [0.05, 0.1) is 6.61 Å². The lowest BCUT2D eigenvalue weighted by Gasteiger charge is -2.39. The van der Waals surface area contributed by atoms with Crippen LogP contribution >= 0.6 is 0 Å². The van der Waals surface area contributed by atoms with E-state index in [0.717, 1.165) is 5.92 Å². The maximum absolute atomic E-state index is 8.99. The van der Waals surface area contributed by atoms with Gasteiger partial charge in [-0.15, -0.1) is 0 Å². The summed E-state index contributed by atoms with van der Waals surface area (Å²) in [7, 11) is 2.11. The summed E-state index contributed by atoms with van der Waals surface area (Å²) in [6, 6.07) is 0. The number of aliphatic hydroxyl groups is 1. The average Bonchev–Trinajstić information content (AvgIpc) is 2.17. The molecule has 1 N–H and O–H groups in total. The van der Waals surface area contributed by atoms with Crippen molar-refractivity contribution in [3.63, 3.8) is 0 Å². The highest BCUT2D eigenvalue weighted by Crippen LogP contribution is 2.48. The summed E-state index contributed by atoms with van der Waals surface area (Å²) in [5, 5.41) is 8.99. The van der Waals surface area contributed by atoms with Crippen LogP contribution in [0.5, 0.6) is 0 Å². The average molecular weight is 127 g/mol. The number of nitrogens with zero attached hydrogens (tertiary/aromatic N) is 1. The summed E-state index contributed by atoms with van der Waals surface area (Å²) < 4.78 is 0. The van der Waals surface area contributed by atoms with E-state index in [1.165, 1.54) is 19.4 Å². The van der Waals surface area contributed by atoms with Crippen LogP contribution < -0.4 is 0 Å². The lowest BCUT2D eigenvalue weighted by Crippen LogP contribution is -2.47. The van der Waals surface area contributed by atoms with Crippen molar-refractivity contribution in [2.24, 2.45) is 5.92 Å². The van der Waals surface area contributed by atoms with E-state index in [4.69, 9.17) is 5.11 Å².